The molecule has 5 rings (SSSR count). The van der Waals surface area contributed by atoms with E-state index in [0.717, 1.165) is 0 Å². The summed E-state index contributed by atoms with van der Waals surface area (Å²) in [4.78, 5) is 34.4. The lowest BCUT2D eigenvalue weighted by Gasteiger charge is -2.39. The van der Waals surface area contributed by atoms with Crippen LogP contribution in [0.5, 0.6) is 0 Å². The van der Waals surface area contributed by atoms with Gasteiger partial charge in [0, 0.05) is 42.7 Å². The summed E-state index contributed by atoms with van der Waals surface area (Å²) in [7, 11) is 1.70. The van der Waals surface area contributed by atoms with Gasteiger partial charge in [-0.05, 0) is 57.9 Å². The van der Waals surface area contributed by atoms with Gasteiger partial charge >= 0.3 is 6.09 Å². The Morgan fingerprint density at radius 3 is 2.58 bits per heavy atom. The molecule has 40 heavy (non-hydrogen) atoms. The summed E-state index contributed by atoms with van der Waals surface area (Å²) in [5.41, 5.74) is 0.0520. The number of pyridine rings is 1. The molecule has 1 aliphatic heterocycles. The highest BCUT2D eigenvalue weighted by Gasteiger charge is 2.36. The normalized spacial score (nSPS) is 15.8. The zero-order valence-electron chi connectivity index (χ0n) is 22.8. The van der Waals surface area contributed by atoms with Crippen LogP contribution >= 0.6 is 0 Å². The first-order chi connectivity index (χ1) is 19.0. The number of aryl methyl sites for hydroxylation is 1. The monoisotopic (exact) mass is 548 g/mol. The Hall–Kier alpha value is -4.41. The van der Waals surface area contributed by atoms with E-state index in [9.17, 15) is 14.0 Å². The molecule has 2 amide bonds. The van der Waals surface area contributed by atoms with Crippen LogP contribution in [-0.4, -0.2) is 61.6 Å². The highest BCUT2D eigenvalue weighted by Crippen LogP contribution is 2.32. The lowest BCUT2D eigenvalue weighted by atomic mass is 10.0. The van der Waals surface area contributed by atoms with Gasteiger partial charge in [-0.1, -0.05) is 23.4 Å². The van der Waals surface area contributed by atoms with Crippen LogP contribution in [0.25, 0.3) is 22.0 Å². The zero-order valence-corrected chi connectivity index (χ0v) is 22.8. The Morgan fingerprint density at radius 1 is 1.07 bits per heavy atom. The van der Waals surface area contributed by atoms with E-state index < -0.39 is 35.3 Å². The molecular formula is C29H30F2N6O3. The molecule has 11 heteroatoms. The Bertz CT molecular complexity index is 1580. The fraction of sp³-hybridized carbons (Fsp3) is 0.345. The number of hydrogen-bond acceptors (Lipinski definition) is 6. The van der Waals surface area contributed by atoms with Crippen LogP contribution in [0, 0.1) is 11.6 Å². The SMILES string of the molecule is Cn1cc(-c2ccc(C(=O)N(c3nccc4c(F)cccc34)[C@@H]3CCCN(C(=O)OC(C)(C)C)C3)c(F)c2)nn1. The van der Waals surface area contributed by atoms with E-state index in [2.05, 4.69) is 15.3 Å². The van der Waals surface area contributed by atoms with E-state index in [1.165, 1.54) is 46.1 Å². The summed E-state index contributed by atoms with van der Waals surface area (Å²) in [5, 5.41) is 8.57. The van der Waals surface area contributed by atoms with Crippen molar-refractivity contribution in [3.05, 3.63) is 72.1 Å². The average molecular weight is 549 g/mol. The molecule has 0 spiro atoms. The molecule has 9 nitrogen and oxygen atoms in total. The number of fused-ring (bicyclic) bond motifs is 1. The Kier molecular flexibility index (Phi) is 7.22. The molecule has 0 radical (unpaired) electrons. The Labute approximate surface area is 230 Å². The molecule has 1 fully saturated rings. The molecule has 1 atom stereocenters. The fourth-order valence-corrected chi connectivity index (χ4v) is 4.90. The van der Waals surface area contributed by atoms with Gasteiger partial charge in [-0.15, -0.1) is 5.10 Å². The summed E-state index contributed by atoms with van der Waals surface area (Å²) >= 11 is 0. The second-order valence-corrected chi connectivity index (χ2v) is 10.8. The van der Waals surface area contributed by atoms with Crippen LogP contribution in [0.1, 0.15) is 44.0 Å². The van der Waals surface area contributed by atoms with Gasteiger partial charge in [0.15, 0.2) is 0 Å². The number of halogens is 2. The van der Waals surface area contributed by atoms with Gasteiger partial charge in [-0.3, -0.25) is 14.4 Å². The summed E-state index contributed by atoms with van der Waals surface area (Å²) in [6.07, 6.45) is 3.67. The van der Waals surface area contributed by atoms with Crippen LogP contribution in [0.15, 0.2) is 54.9 Å². The van der Waals surface area contributed by atoms with Crippen molar-refractivity contribution in [2.24, 2.45) is 7.05 Å². The average Bonchev–Trinajstić information content (AvgIpc) is 3.35. The van der Waals surface area contributed by atoms with E-state index >= 15 is 4.39 Å². The van der Waals surface area contributed by atoms with Crippen molar-refractivity contribution < 1.29 is 23.1 Å². The van der Waals surface area contributed by atoms with Crippen LogP contribution < -0.4 is 4.90 Å². The number of likely N-dealkylation sites (tertiary alicyclic amines) is 1. The molecule has 0 N–H and O–H groups in total. The molecule has 208 valence electrons. The Balaban J connectivity index is 1.56. The summed E-state index contributed by atoms with van der Waals surface area (Å²) in [6.45, 7) is 5.94. The third-order valence-corrected chi connectivity index (χ3v) is 6.69. The Morgan fingerprint density at radius 2 is 1.88 bits per heavy atom. The third kappa shape index (κ3) is 5.49. The first-order valence-corrected chi connectivity index (χ1v) is 13.0. The number of carbonyl (C=O) groups excluding carboxylic acids is 2. The number of piperidine rings is 1. The molecule has 0 bridgehead atoms. The number of rotatable bonds is 4. The van der Waals surface area contributed by atoms with Crippen LogP contribution in [0.2, 0.25) is 0 Å². The number of nitrogens with zero attached hydrogens (tertiary/aromatic N) is 6. The van der Waals surface area contributed by atoms with Crippen molar-refractivity contribution in [2.45, 2.75) is 45.3 Å². The summed E-state index contributed by atoms with van der Waals surface area (Å²) in [5.74, 6) is -1.67. The van der Waals surface area contributed by atoms with E-state index in [4.69, 9.17) is 4.74 Å². The first kappa shape index (κ1) is 27.2. The van der Waals surface area contributed by atoms with Gasteiger partial charge in [-0.25, -0.2) is 18.6 Å². The molecule has 0 saturated carbocycles. The standard InChI is InChI=1S/C29H30F2N6O3/c1-29(2,3)40-28(39)36-14-6-7-19(16-36)37(26-21-8-5-9-23(30)20(21)12-13-32-26)27(38)22-11-10-18(15-24(22)31)25-17-35(4)34-33-25/h5,8-13,15,17,19H,6-7,14,16H2,1-4H3/t19-/m1/s1. The number of anilines is 1. The molecule has 0 unspecified atom stereocenters. The maximum absolute atomic E-state index is 15.5. The highest BCUT2D eigenvalue weighted by atomic mass is 19.1. The third-order valence-electron chi connectivity index (χ3n) is 6.69. The largest absolute Gasteiger partial charge is 0.444 e. The van der Waals surface area contributed by atoms with Crippen LogP contribution in [0.4, 0.5) is 19.4 Å². The van der Waals surface area contributed by atoms with Crippen molar-refractivity contribution in [1.29, 1.82) is 0 Å². The molecule has 1 saturated heterocycles. The maximum Gasteiger partial charge on any atom is 0.410 e. The van der Waals surface area contributed by atoms with Gasteiger partial charge < -0.3 is 9.64 Å². The molecule has 2 aromatic heterocycles. The van der Waals surface area contributed by atoms with Crippen molar-refractivity contribution in [2.75, 3.05) is 18.0 Å². The van der Waals surface area contributed by atoms with E-state index in [0.29, 0.717) is 36.0 Å². The lowest BCUT2D eigenvalue weighted by Crippen LogP contribution is -2.53. The summed E-state index contributed by atoms with van der Waals surface area (Å²) in [6, 6.07) is 9.74. The predicted molar refractivity (Wildman–Crippen MR) is 146 cm³/mol. The smallest absolute Gasteiger partial charge is 0.410 e. The van der Waals surface area contributed by atoms with Crippen molar-refractivity contribution in [3.8, 4) is 11.3 Å². The number of benzene rings is 2. The summed E-state index contributed by atoms with van der Waals surface area (Å²) < 4.78 is 37.3. The van der Waals surface area contributed by atoms with Crippen molar-refractivity contribution >= 4 is 28.6 Å². The second-order valence-electron chi connectivity index (χ2n) is 10.8. The minimum atomic E-state index is -0.746. The highest BCUT2D eigenvalue weighted by molar-refractivity contribution is 6.10. The maximum atomic E-state index is 15.5. The first-order valence-electron chi connectivity index (χ1n) is 13.0. The fourth-order valence-electron chi connectivity index (χ4n) is 4.90. The zero-order chi connectivity index (χ0) is 28.6. The van der Waals surface area contributed by atoms with E-state index in [1.807, 2.05) is 0 Å². The number of amides is 2. The number of ether oxygens (including phenoxy) is 1. The topological polar surface area (TPSA) is 93.5 Å². The van der Waals surface area contributed by atoms with Gasteiger partial charge in [0.05, 0.1) is 17.8 Å². The van der Waals surface area contributed by atoms with Crippen LogP contribution in [0.3, 0.4) is 0 Å². The predicted octanol–water partition coefficient (Wildman–Crippen LogP) is 5.35. The number of hydrogen-bond donors (Lipinski definition) is 0. The van der Waals surface area contributed by atoms with Gasteiger partial charge in [0.25, 0.3) is 5.91 Å². The van der Waals surface area contributed by atoms with Crippen molar-refractivity contribution in [3.63, 3.8) is 0 Å². The molecule has 3 heterocycles. The second kappa shape index (κ2) is 10.6. The molecule has 4 aromatic rings. The quantitative estimate of drug-likeness (QED) is 0.341. The molecular weight excluding hydrogens is 518 g/mol. The van der Waals surface area contributed by atoms with E-state index in [1.54, 1.807) is 51.0 Å². The van der Waals surface area contributed by atoms with Gasteiger partial charge in [0.2, 0.25) is 0 Å². The minimum absolute atomic E-state index is 0.146. The van der Waals surface area contributed by atoms with E-state index in [-0.39, 0.29) is 23.3 Å². The molecule has 2 aromatic carbocycles. The number of carbonyl (C=O) groups is 2. The van der Waals surface area contributed by atoms with Crippen LogP contribution in [-0.2, 0) is 11.8 Å². The van der Waals surface area contributed by atoms with Crippen molar-refractivity contribution in [1.82, 2.24) is 24.9 Å². The molecule has 1 aliphatic rings. The van der Waals surface area contributed by atoms with Gasteiger partial charge in [0.1, 0.15) is 28.7 Å². The van der Waals surface area contributed by atoms with Gasteiger partial charge in [-0.2, -0.15) is 0 Å². The minimum Gasteiger partial charge on any atom is -0.444 e. The molecule has 0 aliphatic carbocycles. The number of aromatic nitrogens is 4. The lowest BCUT2D eigenvalue weighted by molar-refractivity contribution is 0.0196.